The van der Waals surface area contributed by atoms with Crippen molar-refractivity contribution in [2.75, 3.05) is 40.0 Å². The Morgan fingerprint density at radius 2 is 1.91 bits per heavy atom. The van der Waals surface area contributed by atoms with Gasteiger partial charge in [-0.25, -0.2) is 0 Å². The molecule has 2 heterocycles. The van der Waals surface area contributed by atoms with Gasteiger partial charge in [-0.3, -0.25) is 14.4 Å². The highest BCUT2D eigenvalue weighted by atomic mass is 16.5. The molecule has 2 fully saturated rings. The van der Waals surface area contributed by atoms with Crippen LogP contribution in [0.15, 0.2) is 24.3 Å². The fourth-order valence-electron chi connectivity index (χ4n) is 4.86. The van der Waals surface area contributed by atoms with E-state index in [4.69, 9.17) is 9.47 Å². The number of ether oxygens (including phenoxy) is 2. The van der Waals surface area contributed by atoms with Gasteiger partial charge in [0.15, 0.2) is 0 Å². The van der Waals surface area contributed by atoms with Crippen LogP contribution in [-0.4, -0.2) is 68.6 Å². The summed E-state index contributed by atoms with van der Waals surface area (Å²) >= 11 is 0. The molecule has 1 spiro atoms. The van der Waals surface area contributed by atoms with Crippen LogP contribution in [0.3, 0.4) is 0 Å². The lowest BCUT2D eigenvalue weighted by Crippen LogP contribution is -2.54. The van der Waals surface area contributed by atoms with Crippen molar-refractivity contribution in [2.24, 2.45) is 5.41 Å². The van der Waals surface area contributed by atoms with Crippen LogP contribution in [0.25, 0.3) is 0 Å². The van der Waals surface area contributed by atoms with Gasteiger partial charge in [0, 0.05) is 32.7 Å². The molecule has 2 saturated heterocycles. The van der Waals surface area contributed by atoms with E-state index in [0.29, 0.717) is 52.1 Å². The first-order valence-electron chi connectivity index (χ1n) is 12.5. The van der Waals surface area contributed by atoms with Gasteiger partial charge in [0.2, 0.25) is 17.7 Å². The number of amides is 3. The van der Waals surface area contributed by atoms with Gasteiger partial charge in [0.05, 0.1) is 19.1 Å². The first-order chi connectivity index (χ1) is 16.4. The SMILES string of the molecule is COc1ccccc1CCCC(=O)N1CCC2(CCCCOCCNC(=O)[C@H](C)NC2=O)CC1. The summed E-state index contributed by atoms with van der Waals surface area (Å²) in [7, 11) is 1.66. The summed E-state index contributed by atoms with van der Waals surface area (Å²) in [4.78, 5) is 40.3. The Morgan fingerprint density at radius 3 is 2.68 bits per heavy atom. The number of benzene rings is 1. The van der Waals surface area contributed by atoms with Gasteiger partial charge in [0.25, 0.3) is 0 Å². The van der Waals surface area contributed by atoms with E-state index in [9.17, 15) is 14.4 Å². The fourth-order valence-corrected chi connectivity index (χ4v) is 4.86. The number of carbonyl (C=O) groups is 3. The van der Waals surface area contributed by atoms with Gasteiger partial charge in [0.1, 0.15) is 11.8 Å². The van der Waals surface area contributed by atoms with Crippen molar-refractivity contribution in [3.05, 3.63) is 29.8 Å². The quantitative estimate of drug-likeness (QED) is 0.685. The molecule has 3 rings (SSSR count). The zero-order valence-electron chi connectivity index (χ0n) is 20.6. The summed E-state index contributed by atoms with van der Waals surface area (Å²) in [6, 6.07) is 7.30. The molecule has 0 saturated carbocycles. The monoisotopic (exact) mass is 473 g/mol. The average molecular weight is 474 g/mol. The van der Waals surface area contributed by atoms with E-state index in [1.807, 2.05) is 29.2 Å². The summed E-state index contributed by atoms with van der Waals surface area (Å²) in [5.74, 6) is 0.718. The number of rotatable bonds is 5. The van der Waals surface area contributed by atoms with Crippen LogP contribution in [0.4, 0.5) is 0 Å². The van der Waals surface area contributed by atoms with Crippen molar-refractivity contribution in [3.63, 3.8) is 0 Å². The second-order valence-corrected chi connectivity index (χ2v) is 9.38. The predicted octanol–water partition coefficient (Wildman–Crippen LogP) is 2.45. The maximum atomic E-state index is 13.3. The Balaban J connectivity index is 1.55. The van der Waals surface area contributed by atoms with E-state index >= 15 is 0 Å². The Morgan fingerprint density at radius 1 is 1.15 bits per heavy atom. The molecular formula is C26H39N3O5. The molecule has 1 atom stereocenters. The Labute approximate surface area is 202 Å². The van der Waals surface area contributed by atoms with Gasteiger partial charge < -0.3 is 25.0 Å². The van der Waals surface area contributed by atoms with Crippen molar-refractivity contribution in [1.29, 1.82) is 0 Å². The van der Waals surface area contributed by atoms with Gasteiger partial charge in [-0.2, -0.15) is 0 Å². The number of aryl methyl sites for hydroxylation is 1. The number of methoxy groups -OCH3 is 1. The van der Waals surface area contributed by atoms with Crippen LogP contribution in [0.2, 0.25) is 0 Å². The molecule has 2 aliphatic rings. The van der Waals surface area contributed by atoms with E-state index in [1.165, 1.54) is 0 Å². The van der Waals surface area contributed by atoms with Gasteiger partial charge >= 0.3 is 0 Å². The van der Waals surface area contributed by atoms with Crippen molar-refractivity contribution < 1.29 is 23.9 Å². The normalized spacial score (nSPS) is 22.1. The molecule has 0 bridgehead atoms. The molecule has 34 heavy (non-hydrogen) atoms. The van der Waals surface area contributed by atoms with Crippen molar-refractivity contribution >= 4 is 17.7 Å². The second-order valence-electron chi connectivity index (χ2n) is 9.38. The lowest BCUT2D eigenvalue weighted by atomic mass is 9.73. The van der Waals surface area contributed by atoms with Crippen LogP contribution in [0.5, 0.6) is 5.75 Å². The number of hydrogen-bond acceptors (Lipinski definition) is 5. The lowest BCUT2D eigenvalue weighted by molar-refractivity contribution is -0.142. The number of piperidine rings is 1. The van der Waals surface area contributed by atoms with Gasteiger partial charge in [-0.15, -0.1) is 0 Å². The fraction of sp³-hybridized carbons (Fsp3) is 0.654. The highest BCUT2D eigenvalue weighted by Gasteiger charge is 2.42. The Bertz CT molecular complexity index is 835. The zero-order valence-corrected chi connectivity index (χ0v) is 20.6. The van der Waals surface area contributed by atoms with Crippen molar-refractivity contribution in [1.82, 2.24) is 15.5 Å². The molecule has 0 aromatic heterocycles. The maximum Gasteiger partial charge on any atom is 0.242 e. The average Bonchev–Trinajstić information content (AvgIpc) is 2.86. The maximum absolute atomic E-state index is 13.3. The topological polar surface area (TPSA) is 97.0 Å². The molecule has 8 nitrogen and oxygen atoms in total. The Kier molecular flexibility index (Phi) is 9.74. The highest BCUT2D eigenvalue weighted by molar-refractivity contribution is 5.90. The zero-order chi connectivity index (χ0) is 24.4. The molecular weight excluding hydrogens is 434 g/mol. The first kappa shape index (κ1) is 26.0. The third kappa shape index (κ3) is 6.95. The molecule has 2 aliphatic heterocycles. The highest BCUT2D eigenvalue weighted by Crippen LogP contribution is 2.37. The molecule has 8 heteroatoms. The molecule has 1 aromatic rings. The summed E-state index contributed by atoms with van der Waals surface area (Å²) in [5, 5.41) is 5.73. The largest absolute Gasteiger partial charge is 0.496 e. The molecule has 188 valence electrons. The number of nitrogens with zero attached hydrogens (tertiary/aromatic N) is 1. The third-order valence-electron chi connectivity index (χ3n) is 7.06. The van der Waals surface area contributed by atoms with Gasteiger partial charge in [-0.1, -0.05) is 24.6 Å². The van der Waals surface area contributed by atoms with E-state index in [-0.39, 0.29) is 17.7 Å². The second kappa shape index (κ2) is 12.7. The summed E-state index contributed by atoms with van der Waals surface area (Å²) in [6.45, 7) is 4.39. The van der Waals surface area contributed by atoms with Crippen molar-refractivity contribution in [3.8, 4) is 5.75 Å². The number of para-hydroxylation sites is 1. The predicted molar refractivity (Wildman–Crippen MR) is 129 cm³/mol. The van der Waals surface area contributed by atoms with Crippen LogP contribution < -0.4 is 15.4 Å². The van der Waals surface area contributed by atoms with Crippen molar-refractivity contribution in [2.45, 2.75) is 64.3 Å². The van der Waals surface area contributed by atoms with Crippen LogP contribution in [0.1, 0.15) is 57.4 Å². The third-order valence-corrected chi connectivity index (χ3v) is 7.06. The van der Waals surface area contributed by atoms with Crippen LogP contribution >= 0.6 is 0 Å². The minimum Gasteiger partial charge on any atom is -0.496 e. The number of nitrogens with one attached hydrogen (secondary N) is 2. The van der Waals surface area contributed by atoms with Gasteiger partial charge in [-0.05, 0) is 57.1 Å². The lowest BCUT2D eigenvalue weighted by Gasteiger charge is -2.41. The molecule has 2 N–H and O–H groups in total. The van der Waals surface area contributed by atoms with E-state index in [0.717, 1.165) is 43.4 Å². The summed E-state index contributed by atoms with van der Waals surface area (Å²) in [6.07, 6.45) is 5.77. The Hall–Kier alpha value is -2.61. The van der Waals surface area contributed by atoms with Crippen LogP contribution in [-0.2, 0) is 25.5 Å². The van der Waals surface area contributed by atoms with E-state index in [2.05, 4.69) is 10.6 Å². The molecule has 0 radical (unpaired) electrons. The summed E-state index contributed by atoms with van der Waals surface area (Å²) in [5.41, 5.74) is 0.565. The van der Waals surface area contributed by atoms with E-state index < -0.39 is 11.5 Å². The minimum absolute atomic E-state index is 0.0708. The van der Waals surface area contributed by atoms with E-state index in [1.54, 1.807) is 14.0 Å². The minimum atomic E-state index is -0.597. The number of likely N-dealkylation sites (tertiary alicyclic amines) is 1. The smallest absolute Gasteiger partial charge is 0.242 e. The molecule has 3 amide bonds. The standard InChI is InChI=1S/C26H39N3O5/c1-20-24(31)27-15-19-34-18-6-5-12-26(25(32)28-20)13-16-29(17-14-26)23(30)11-7-9-21-8-3-4-10-22(21)33-2/h3-4,8,10,20H,5-7,9,11-19H2,1-2H3,(H,27,31)(H,28,32)/t20-/m0/s1. The molecule has 0 unspecified atom stereocenters. The number of carbonyl (C=O) groups excluding carboxylic acids is 3. The number of hydrogen-bond donors (Lipinski definition) is 2. The first-order valence-corrected chi connectivity index (χ1v) is 12.5. The molecule has 1 aromatic carbocycles. The summed E-state index contributed by atoms with van der Waals surface area (Å²) < 4.78 is 11.0. The van der Waals surface area contributed by atoms with Crippen LogP contribution in [0, 0.1) is 5.41 Å². The molecule has 0 aliphatic carbocycles.